The van der Waals surface area contributed by atoms with Gasteiger partial charge < -0.3 is 4.74 Å². The molecule has 2 aromatic rings. The number of hydrazine groups is 1. The van der Waals surface area contributed by atoms with Gasteiger partial charge in [-0.1, -0.05) is 24.3 Å². The molecular weight excluding hydrogens is 287 g/mol. The van der Waals surface area contributed by atoms with Gasteiger partial charge in [0, 0.05) is 0 Å². The summed E-state index contributed by atoms with van der Waals surface area (Å²) in [5.41, 5.74) is 4.54. The molecule has 2 aromatic carbocycles. The van der Waals surface area contributed by atoms with Crippen LogP contribution in [0.3, 0.4) is 0 Å². The molecule has 0 aliphatic heterocycles. The Morgan fingerprint density at radius 2 is 1.50 bits per heavy atom. The molecule has 22 heavy (non-hydrogen) atoms. The Labute approximate surface area is 127 Å². The highest BCUT2D eigenvalue weighted by molar-refractivity contribution is 6.00. The van der Waals surface area contributed by atoms with E-state index >= 15 is 0 Å². The third-order valence-electron chi connectivity index (χ3n) is 2.84. The van der Waals surface area contributed by atoms with Crippen LogP contribution in [0.5, 0.6) is 5.75 Å². The summed E-state index contributed by atoms with van der Waals surface area (Å²) < 4.78 is 18.8. The SMILES string of the molecule is CCOc1ccccc1C(=O)NNC(=O)c1ccccc1F. The molecule has 0 aliphatic rings. The molecule has 2 amide bonds. The van der Waals surface area contributed by atoms with Crippen LogP contribution >= 0.6 is 0 Å². The van der Waals surface area contributed by atoms with Gasteiger partial charge in [-0.15, -0.1) is 0 Å². The minimum absolute atomic E-state index is 0.152. The molecule has 0 saturated heterocycles. The minimum atomic E-state index is -0.736. The van der Waals surface area contributed by atoms with E-state index < -0.39 is 17.6 Å². The number of carbonyl (C=O) groups is 2. The predicted molar refractivity (Wildman–Crippen MR) is 78.9 cm³/mol. The number of hydrogen-bond donors (Lipinski definition) is 2. The zero-order valence-corrected chi connectivity index (χ0v) is 11.9. The average Bonchev–Trinajstić information content (AvgIpc) is 2.53. The maximum absolute atomic E-state index is 13.5. The summed E-state index contributed by atoms with van der Waals surface area (Å²) in [5.74, 6) is -1.54. The third kappa shape index (κ3) is 3.60. The molecule has 0 spiro atoms. The van der Waals surface area contributed by atoms with Crippen molar-refractivity contribution in [2.75, 3.05) is 6.61 Å². The van der Waals surface area contributed by atoms with Gasteiger partial charge in [0.15, 0.2) is 0 Å². The summed E-state index contributed by atoms with van der Waals surface area (Å²) in [5, 5.41) is 0. The van der Waals surface area contributed by atoms with Gasteiger partial charge in [0.2, 0.25) is 0 Å². The first kappa shape index (κ1) is 15.5. The highest BCUT2D eigenvalue weighted by Crippen LogP contribution is 2.17. The highest BCUT2D eigenvalue weighted by atomic mass is 19.1. The summed E-state index contributed by atoms with van der Waals surface area (Å²) in [7, 11) is 0. The number of halogens is 1. The number of rotatable bonds is 4. The van der Waals surface area contributed by atoms with E-state index in [1.807, 2.05) is 0 Å². The molecule has 2 rings (SSSR count). The zero-order chi connectivity index (χ0) is 15.9. The zero-order valence-electron chi connectivity index (χ0n) is 11.9. The van der Waals surface area contributed by atoms with Crippen LogP contribution in [0.15, 0.2) is 48.5 Å². The summed E-state index contributed by atoms with van der Waals surface area (Å²) in [6, 6.07) is 12.1. The highest BCUT2D eigenvalue weighted by Gasteiger charge is 2.15. The number of nitrogens with one attached hydrogen (secondary N) is 2. The van der Waals surface area contributed by atoms with Crippen LogP contribution in [0.2, 0.25) is 0 Å². The first-order chi connectivity index (χ1) is 10.6. The van der Waals surface area contributed by atoms with Gasteiger partial charge in [-0.25, -0.2) is 4.39 Å². The lowest BCUT2D eigenvalue weighted by Crippen LogP contribution is -2.42. The maximum atomic E-state index is 13.5. The normalized spacial score (nSPS) is 9.91. The van der Waals surface area contributed by atoms with Crippen LogP contribution in [0.4, 0.5) is 4.39 Å². The monoisotopic (exact) mass is 302 g/mol. The second-order valence-electron chi connectivity index (χ2n) is 4.32. The Morgan fingerprint density at radius 1 is 0.955 bits per heavy atom. The molecule has 5 nitrogen and oxygen atoms in total. The smallest absolute Gasteiger partial charge is 0.273 e. The first-order valence-electron chi connectivity index (χ1n) is 6.70. The summed E-state index contributed by atoms with van der Waals surface area (Å²) >= 11 is 0. The van der Waals surface area contributed by atoms with E-state index in [2.05, 4.69) is 10.9 Å². The molecule has 114 valence electrons. The quantitative estimate of drug-likeness (QED) is 0.852. The van der Waals surface area contributed by atoms with Crippen molar-refractivity contribution in [3.8, 4) is 5.75 Å². The number of para-hydroxylation sites is 1. The lowest BCUT2D eigenvalue weighted by molar-refractivity contribution is 0.0842. The summed E-state index contributed by atoms with van der Waals surface area (Å²) in [4.78, 5) is 23.9. The Bertz CT molecular complexity index is 689. The van der Waals surface area contributed by atoms with Gasteiger partial charge in [-0.2, -0.15) is 0 Å². The molecule has 0 aromatic heterocycles. The Morgan fingerprint density at radius 3 is 2.14 bits per heavy atom. The number of hydrogen-bond acceptors (Lipinski definition) is 3. The molecule has 6 heteroatoms. The van der Waals surface area contributed by atoms with Crippen molar-refractivity contribution >= 4 is 11.8 Å². The fraction of sp³-hybridized carbons (Fsp3) is 0.125. The van der Waals surface area contributed by atoms with Gasteiger partial charge in [-0.05, 0) is 31.2 Å². The number of amides is 2. The molecule has 0 bridgehead atoms. The van der Waals surface area contributed by atoms with Gasteiger partial charge >= 0.3 is 0 Å². The molecule has 0 heterocycles. The minimum Gasteiger partial charge on any atom is -0.493 e. The Balaban J connectivity index is 2.04. The molecule has 2 N–H and O–H groups in total. The predicted octanol–water partition coefficient (Wildman–Crippen LogP) is 2.30. The third-order valence-corrected chi connectivity index (χ3v) is 2.84. The second kappa shape index (κ2) is 7.21. The van der Waals surface area contributed by atoms with Crippen LogP contribution in [-0.4, -0.2) is 18.4 Å². The average molecular weight is 302 g/mol. The van der Waals surface area contributed by atoms with E-state index in [4.69, 9.17) is 4.74 Å². The lowest BCUT2D eigenvalue weighted by Gasteiger charge is -2.11. The fourth-order valence-corrected chi connectivity index (χ4v) is 1.83. The lowest BCUT2D eigenvalue weighted by atomic mass is 10.2. The second-order valence-corrected chi connectivity index (χ2v) is 4.32. The van der Waals surface area contributed by atoms with Gasteiger partial charge in [-0.3, -0.25) is 20.4 Å². The largest absolute Gasteiger partial charge is 0.493 e. The standard InChI is InChI=1S/C16H15FN2O3/c1-2-22-14-10-6-4-8-12(14)16(21)19-18-15(20)11-7-3-5-9-13(11)17/h3-10H,2H2,1H3,(H,18,20)(H,19,21). The van der Waals surface area contributed by atoms with Crippen LogP contribution in [-0.2, 0) is 0 Å². The van der Waals surface area contributed by atoms with Crippen molar-refractivity contribution in [1.82, 2.24) is 10.9 Å². The van der Waals surface area contributed by atoms with Crippen LogP contribution in [0.1, 0.15) is 27.6 Å². The molecular formula is C16H15FN2O3. The Hall–Kier alpha value is -2.89. The Kier molecular flexibility index (Phi) is 5.08. The topological polar surface area (TPSA) is 67.4 Å². The summed E-state index contributed by atoms with van der Waals surface area (Å²) in [6.07, 6.45) is 0. The van der Waals surface area contributed by atoms with E-state index in [0.29, 0.717) is 12.4 Å². The van der Waals surface area contributed by atoms with Crippen LogP contribution < -0.4 is 15.6 Å². The van der Waals surface area contributed by atoms with Crippen LogP contribution in [0, 0.1) is 5.82 Å². The molecule has 0 radical (unpaired) electrons. The number of carbonyl (C=O) groups excluding carboxylic acids is 2. The van der Waals surface area contributed by atoms with E-state index in [1.54, 1.807) is 31.2 Å². The van der Waals surface area contributed by atoms with Crippen molar-refractivity contribution < 1.29 is 18.7 Å². The van der Waals surface area contributed by atoms with Crippen molar-refractivity contribution in [3.63, 3.8) is 0 Å². The van der Waals surface area contributed by atoms with Gasteiger partial charge in [0.1, 0.15) is 11.6 Å². The van der Waals surface area contributed by atoms with Crippen molar-refractivity contribution in [2.24, 2.45) is 0 Å². The molecule has 0 fully saturated rings. The van der Waals surface area contributed by atoms with Crippen LogP contribution in [0.25, 0.3) is 0 Å². The van der Waals surface area contributed by atoms with Gasteiger partial charge in [0.25, 0.3) is 11.8 Å². The van der Waals surface area contributed by atoms with Crippen molar-refractivity contribution in [1.29, 1.82) is 0 Å². The maximum Gasteiger partial charge on any atom is 0.273 e. The molecule has 0 unspecified atom stereocenters. The van der Waals surface area contributed by atoms with E-state index in [1.165, 1.54) is 24.3 Å². The van der Waals surface area contributed by atoms with E-state index in [-0.39, 0.29) is 11.1 Å². The molecule has 0 saturated carbocycles. The molecule has 0 aliphatic carbocycles. The number of benzene rings is 2. The van der Waals surface area contributed by atoms with Gasteiger partial charge in [0.05, 0.1) is 17.7 Å². The van der Waals surface area contributed by atoms with Crippen molar-refractivity contribution in [2.45, 2.75) is 6.92 Å². The van der Waals surface area contributed by atoms with E-state index in [9.17, 15) is 14.0 Å². The number of ether oxygens (including phenoxy) is 1. The first-order valence-corrected chi connectivity index (χ1v) is 6.70. The van der Waals surface area contributed by atoms with Crippen molar-refractivity contribution in [3.05, 3.63) is 65.5 Å². The summed E-state index contributed by atoms with van der Waals surface area (Å²) in [6.45, 7) is 2.21. The fourth-order valence-electron chi connectivity index (χ4n) is 1.83. The van der Waals surface area contributed by atoms with E-state index in [0.717, 1.165) is 0 Å². The molecule has 0 atom stereocenters.